The van der Waals surface area contributed by atoms with Crippen molar-refractivity contribution in [2.75, 3.05) is 10.0 Å². The SMILES string of the molecule is Cc1ccc(-c2nnc(NS(=O)(=O)c3nnc(NC(=O)c4ccccc4C)s3)s2)cc1. The fraction of sp³-hybridized carbons (Fsp3) is 0.105. The number of carbonyl (C=O) groups is 1. The Bertz CT molecular complexity index is 1350. The van der Waals surface area contributed by atoms with Gasteiger partial charge in [-0.3, -0.25) is 14.8 Å². The summed E-state index contributed by atoms with van der Waals surface area (Å²) in [6.45, 7) is 3.78. The van der Waals surface area contributed by atoms with Crippen molar-refractivity contribution in [3.63, 3.8) is 0 Å². The summed E-state index contributed by atoms with van der Waals surface area (Å²) in [6.07, 6.45) is 0. The number of amides is 1. The molecule has 4 rings (SSSR count). The number of anilines is 2. The van der Waals surface area contributed by atoms with E-state index in [-0.39, 0.29) is 14.6 Å². The van der Waals surface area contributed by atoms with Gasteiger partial charge in [0.15, 0.2) is 0 Å². The van der Waals surface area contributed by atoms with Crippen LogP contribution in [0, 0.1) is 13.8 Å². The Hall–Kier alpha value is -3.22. The van der Waals surface area contributed by atoms with Crippen molar-refractivity contribution >= 4 is 48.9 Å². The van der Waals surface area contributed by atoms with E-state index in [4.69, 9.17) is 0 Å². The molecular formula is C19H16N6O3S3. The number of aromatic nitrogens is 4. The van der Waals surface area contributed by atoms with Crippen LogP contribution in [0.5, 0.6) is 0 Å². The molecule has 0 spiro atoms. The highest BCUT2D eigenvalue weighted by atomic mass is 32.2. The van der Waals surface area contributed by atoms with Gasteiger partial charge in [-0.25, -0.2) is 0 Å². The van der Waals surface area contributed by atoms with Crippen molar-refractivity contribution in [2.24, 2.45) is 0 Å². The predicted octanol–water partition coefficient (Wildman–Crippen LogP) is 3.73. The van der Waals surface area contributed by atoms with Gasteiger partial charge in [-0.05, 0) is 25.5 Å². The van der Waals surface area contributed by atoms with Gasteiger partial charge in [0.2, 0.25) is 10.3 Å². The van der Waals surface area contributed by atoms with Gasteiger partial charge in [0.25, 0.3) is 20.3 Å². The molecule has 31 heavy (non-hydrogen) atoms. The molecule has 2 heterocycles. The van der Waals surface area contributed by atoms with Crippen LogP contribution in [0.4, 0.5) is 10.3 Å². The number of carbonyl (C=O) groups excluding carboxylic acids is 1. The number of benzene rings is 2. The van der Waals surface area contributed by atoms with Crippen molar-refractivity contribution < 1.29 is 13.2 Å². The molecule has 158 valence electrons. The lowest BCUT2D eigenvalue weighted by molar-refractivity contribution is 0.102. The summed E-state index contributed by atoms with van der Waals surface area (Å²) in [6, 6.07) is 14.7. The Morgan fingerprint density at radius 2 is 1.58 bits per heavy atom. The van der Waals surface area contributed by atoms with Gasteiger partial charge in [0, 0.05) is 11.1 Å². The molecule has 2 aromatic heterocycles. The lowest BCUT2D eigenvalue weighted by Gasteiger charge is -2.04. The average Bonchev–Trinajstić information content (AvgIpc) is 3.39. The van der Waals surface area contributed by atoms with Crippen LogP contribution in [0.3, 0.4) is 0 Å². The molecule has 0 saturated carbocycles. The normalized spacial score (nSPS) is 11.3. The van der Waals surface area contributed by atoms with Crippen molar-refractivity contribution in [3.05, 3.63) is 65.2 Å². The van der Waals surface area contributed by atoms with Gasteiger partial charge in [-0.1, -0.05) is 70.7 Å². The minimum atomic E-state index is -4.03. The van der Waals surface area contributed by atoms with Gasteiger partial charge in [0.05, 0.1) is 0 Å². The highest BCUT2D eigenvalue weighted by Crippen LogP contribution is 2.29. The van der Waals surface area contributed by atoms with Crippen molar-refractivity contribution in [1.29, 1.82) is 0 Å². The molecule has 0 saturated heterocycles. The van der Waals surface area contributed by atoms with Crippen LogP contribution in [-0.4, -0.2) is 34.7 Å². The number of nitrogens with one attached hydrogen (secondary N) is 2. The summed E-state index contributed by atoms with van der Waals surface area (Å²) in [5, 5.41) is 18.7. The summed E-state index contributed by atoms with van der Waals surface area (Å²) in [4.78, 5) is 12.4. The van der Waals surface area contributed by atoms with E-state index in [1.807, 2.05) is 50.2 Å². The molecule has 0 bridgehead atoms. The second-order valence-electron chi connectivity index (χ2n) is 6.53. The summed E-state index contributed by atoms with van der Waals surface area (Å²) < 4.78 is 27.3. The fourth-order valence-electron chi connectivity index (χ4n) is 2.60. The Balaban J connectivity index is 1.48. The quantitative estimate of drug-likeness (QED) is 0.409. The van der Waals surface area contributed by atoms with E-state index in [0.717, 1.165) is 39.4 Å². The van der Waals surface area contributed by atoms with E-state index in [9.17, 15) is 13.2 Å². The first kappa shape index (κ1) is 21.0. The first-order chi connectivity index (χ1) is 14.8. The summed E-state index contributed by atoms with van der Waals surface area (Å²) in [5.41, 5.74) is 3.21. The minimum Gasteiger partial charge on any atom is -0.296 e. The zero-order chi connectivity index (χ0) is 22.0. The minimum absolute atomic E-state index is 0.0752. The maximum absolute atomic E-state index is 12.6. The van der Waals surface area contributed by atoms with Crippen LogP contribution in [-0.2, 0) is 10.0 Å². The number of sulfonamides is 1. The van der Waals surface area contributed by atoms with E-state index >= 15 is 0 Å². The van der Waals surface area contributed by atoms with Crippen LogP contribution >= 0.6 is 22.7 Å². The number of aryl methyl sites for hydroxylation is 2. The lowest BCUT2D eigenvalue weighted by Crippen LogP contribution is -2.13. The van der Waals surface area contributed by atoms with E-state index < -0.39 is 15.9 Å². The third-order valence-electron chi connectivity index (χ3n) is 4.19. The van der Waals surface area contributed by atoms with Gasteiger partial charge < -0.3 is 0 Å². The van der Waals surface area contributed by atoms with Gasteiger partial charge in [-0.15, -0.1) is 20.4 Å². The zero-order valence-corrected chi connectivity index (χ0v) is 18.8. The largest absolute Gasteiger partial charge is 0.296 e. The van der Waals surface area contributed by atoms with Crippen LogP contribution in [0.2, 0.25) is 0 Å². The van der Waals surface area contributed by atoms with Crippen LogP contribution in [0.1, 0.15) is 21.5 Å². The summed E-state index contributed by atoms with van der Waals surface area (Å²) in [5.74, 6) is -0.391. The van der Waals surface area contributed by atoms with Crippen molar-refractivity contribution in [3.8, 4) is 10.6 Å². The molecule has 0 aliphatic heterocycles. The zero-order valence-electron chi connectivity index (χ0n) is 16.4. The summed E-state index contributed by atoms with van der Waals surface area (Å²) in [7, 11) is -4.03. The van der Waals surface area contributed by atoms with E-state index in [1.54, 1.807) is 12.1 Å². The Kier molecular flexibility index (Phi) is 5.76. The first-order valence-electron chi connectivity index (χ1n) is 8.96. The molecule has 2 N–H and O–H groups in total. The average molecular weight is 473 g/mol. The maximum atomic E-state index is 12.6. The molecule has 0 fully saturated rings. The Morgan fingerprint density at radius 3 is 2.32 bits per heavy atom. The topological polar surface area (TPSA) is 127 Å². The van der Waals surface area contributed by atoms with Gasteiger partial charge in [0.1, 0.15) is 5.01 Å². The first-order valence-corrected chi connectivity index (χ1v) is 12.1. The van der Waals surface area contributed by atoms with Gasteiger partial charge >= 0.3 is 0 Å². The summed E-state index contributed by atoms with van der Waals surface area (Å²) >= 11 is 1.85. The molecule has 12 heteroatoms. The van der Waals surface area contributed by atoms with Crippen LogP contribution in [0.15, 0.2) is 52.9 Å². The Morgan fingerprint density at radius 1 is 0.871 bits per heavy atom. The third-order valence-corrected chi connectivity index (χ3v) is 7.75. The van der Waals surface area contributed by atoms with Crippen LogP contribution in [0.25, 0.3) is 10.6 Å². The monoisotopic (exact) mass is 472 g/mol. The standard InChI is InChI=1S/C19H16N6O3S3/c1-11-7-9-13(10-8-11)16-21-23-18(29-16)25-31(27,28)19-24-22-17(30-19)20-15(26)14-6-4-3-5-12(14)2/h3-10H,1-2H3,(H,23,25)(H,20,22,26). The predicted molar refractivity (Wildman–Crippen MR) is 120 cm³/mol. The second kappa shape index (κ2) is 8.49. The molecule has 0 aliphatic rings. The molecule has 0 atom stereocenters. The molecule has 0 aliphatic carbocycles. The molecule has 4 aromatic rings. The maximum Gasteiger partial charge on any atom is 0.293 e. The number of nitrogens with zero attached hydrogens (tertiary/aromatic N) is 4. The number of hydrogen-bond donors (Lipinski definition) is 2. The highest BCUT2D eigenvalue weighted by molar-refractivity contribution is 7.94. The molecule has 0 unspecified atom stereocenters. The Labute approximate surface area is 186 Å². The molecule has 9 nitrogen and oxygen atoms in total. The number of hydrogen-bond acceptors (Lipinski definition) is 9. The van der Waals surface area contributed by atoms with E-state index in [2.05, 4.69) is 30.4 Å². The molecule has 2 aromatic carbocycles. The molecular weight excluding hydrogens is 456 g/mol. The fourth-order valence-corrected chi connectivity index (χ4v) is 5.47. The molecule has 0 radical (unpaired) electrons. The van der Waals surface area contributed by atoms with E-state index in [0.29, 0.717) is 10.6 Å². The van der Waals surface area contributed by atoms with Gasteiger partial charge in [-0.2, -0.15) is 8.42 Å². The van der Waals surface area contributed by atoms with E-state index in [1.165, 1.54) is 0 Å². The van der Waals surface area contributed by atoms with Crippen LogP contribution < -0.4 is 10.0 Å². The highest BCUT2D eigenvalue weighted by Gasteiger charge is 2.23. The lowest BCUT2D eigenvalue weighted by atomic mass is 10.1. The van der Waals surface area contributed by atoms with Crippen molar-refractivity contribution in [2.45, 2.75) is 18.2 Å². The smallest absolute Gasteiger partial charge is 0.293 e. The third kappa shape index (κ3) is 4.76. The second-order valence-corrected chi connectivity index (χ2v) is 10.3. The van der Waals surface area contributed by atoms with Crippen molar-refractivity contribution in [1.82, 2.24) is 20.4 Å². The molecule has 1 amide bonds. The number of rotatable bonds is 6.